The third-order valence-electron chi connectivity index (χ3n) is 5.69. The Labute approximate surface area is 174 Å². The van der Waals surface area contributed by atoms with Crippen molar-refractivity contribution in [1.82, 2.24) is 25.0 Å². The van der Waals surface area contributed by atoms with Gasteiger partial charge in [-0.15, -0.1) is 0 Å². The van der Waals surface area contributed by atoms with Crippen LogP contribution in [0.3, 0.4) is 0 Å². The standard InChI is InChI=1S/C21H25N5O4/c1-13-16(14(2)24-23-13)19(27)17-18(15-3-5-22-6-4-15)26(21(29)20(17)28)8-7-25-9-11-30-12-10-25/h3-6,18,27H,7-12H2,1-2H3,(H,23,24)/b19-17+. The molecule has 2 N–H and O–H groups in total. The lowest BCUT2D eigenvalue weighted by Gasteiger charge is -2.30. The number of ketones is 1. The first-order valence-corrected chi connectivity index (χ1v) is 9.99. The summed E-state index contributed by atoms with van der Waals surface area (Å²) >= 11 is 0. The van der Waals surface area contributed by atoms with Crippen molar-refractivity contribution in [1.29, 1.82) is 0 Å². The number of hydrogen-bond donors (Lipinski definition) is 2. The number of nitrogens with one attached hydrogen (secondary N) is 1. The van der Waals surface area contributed by atoms with E-state index >= 15 is 0 Å². The molecule has 9 heteroatoms. The lowest BCUT2D eigenvalue weighted by Crippen LogP contribution is -2.42. The van der Waals surface area contributed by atoms with E-state index in [2.05, 4.69) is 20.1 Å². The second-order valence-corrected chi connectivity index (χ2v) is 7.54. The number of aryl methyl sites for hydroxylation is 2. The number of aromatic amines is 1. The number of likely N-dealkylation sites (tertiary alicyclic amines) is 1. The summed E-state index contributed by atoms with van der Waals surface area (Å²) in [5.74, 6) is -1.49. The van der Waals surface area contributed by atoms with Gasteiger partial charge < -0.3 is 14.7 Å². The van der Waals surface area contributed by atoms with E-state index < -0.39 is 17.7 Å². The molecule has 1 unspecified atom stereocenters. The third-order valence-corrected chi connectivity index (χ3v) is 5.69. The lowest BCUT2D eigenvalue weighted by atomic mass is 9.95. The maximum Gasteiger partial charge on any atom is 0.295 e. The largest absolute Gasteiger partial charge is 0.507 e. The minimum atomic E-state index is -0.684. The van der Waals surface area contributed by atoms with Crippen LogP contribution in [0.4, 0.5) is 0 Å². The molecule has 2 aliphatic heterocycles. The first kappa shape index (κ1) is 20.2. The van der Waals surface area contributed by atoms with Crippen LogP contribution in [0.1, 0.15) is 28.6 Å². The topological polar surface area (TPSA) is 112 Å². The number of H-pyrrole nitrogens is 1. The molecule has 0 bridgehead atoms. The molecule has 0 aliphatic carbocycles. The molecular weight excluding hydrogens is 386 g/mol. The Morgan fingerprint density at radius 3 is 2.53 bits per heavy atom. The number of aliphatic hydroxyl groups excluding tert-OH is 1. The van der Waals surface area contributed by atoms with Crippen LogP contribution in [0.15, 0.2) is 30.1 Å². The number of Topliss-reactive ketones (excluding diaryl/α,β-unsaturated/α-hetero) is 1. The normalized spacial score (nSPS) is 22.1. The number of aromatic nitrogens is 3. The zero-order valence-electron chi connectivity index (χ0n) is 17.1. The smallest absolute Gasteiger partial charge is 0.295 e. The van der Waals surface area contributed by atoms with Crippen molar-refractivity contribution in [3.05, 3.63) is 52.6 Å². The summed E-state index contributed by atoms with van der Waals surface area (Å²) in [6.45, 7) is 7.41. The summed E-state index contributed by atoms with van der Waals surface area (Å²) in [7, 11) is 0. The second-order valence-electron chi connectivity index (χ2n) is 7.54. The fourth-order valence-electron chi connectivity index (χ4n) is 4.11. The van der Waals surface area contributed by atoms with Gasteiger partial charge >= 0.3 is 0 Å². The molecule has 1 atom stereocenters. The fourth-order valence-corrected chi connectivity index (χ4v) is 4.11. The minimum Gasteiger partial charge on any atom is -0.507 e. The SMILES string of the molecule is Cc1n[nH]c(C)c1/C(O)=C1\C(=O)C(=O)N(CCN2CCOCC2)C1c1ccncc1. The van der Waals surface area contributed by atoms with E-state index in [1.54, 1.807) is 43.3 Å². The molecule has 2 saturated heterocycles. The van der Waals surface area contributed by atoms with Gasteiger partial charge in [0.1, 0.15) is 5.76 Å². The first-order valence-electron chi connectivity index (χ1n) is 9.99. The molecule has 2 fully saturated rings. The summed E-state index contributed by atoms with van der Waals surface area (Å²) in [6, 6.07) is 2.85. The zero-order chi connectivity index (χ0) is 21.3. The number of carbonyl (C=O) groups is 2. The van der Waals surface area contributed by atoms with Crippen molar-refractivity contribution in [2.45, 2.75) is 19.9 Å². The molecule has 0 aromatic carbocycles. The number of hydrogen-bond acceptors (Lipinski definition) is 7. The number of ether oxygens (including phenoxy) is 1. The number of morpholine rings is 1. The summed E-state index contributed by atoms with van der Waals surface area (Å²) in [5.41, 5.74) is 2.48. The number of pyridine rings is 1. The fraction of sp³-hybridized carbons (Fsp3) is 0.429. The van der Waals surface area contributed by atoms with Crippen molar-refractivity contribution in [3.63, 3.8) is 0 Å². The number of amides is 1. The van der Waals surface area contributed by atoms with Crippen LogP contribution in [0.2, 0.25) is 0 Å². The number of rotatable bonds is 5. The molecule has 0 saturated carbocycles. The van der Waals surface area contributed by atoms with E-state index in [4.69, 9.17) is 4.74 Å². The first-order chi connectivity index (χ1) is 14.5. The number of nitrogens with zero attached hydrogens (tertiary/aromatic N) is 4. The molecule has 30 heavy (non-hydrogen) atoms. The Balaban J connectivity index is 1.74. The van der Waals surface area contributed by atoms with Crippen molar-refractivity contribution < 1.29 is 19.4 Å². The average Bonchev–Trinajstić information content (AvgIpc) is 3.23. The van der Waals surface area contributed by atoms with Gasteiger partial charge in [0.25, 0.3) is 11.7 Å². The summed E-state index contributed by atoms with van der Waals surface area (Å²) in [5, 5.41) is 18.0. The minimum absolute atomic E-state index is 0.0841. The Bertz CT molecular complexity index is 959. The molecule has 4 heterocycles. The Morgan fingerprint density at radius 1 is 1.20 bits per heavy atom. The van der Waals surface area contributed by atoms with Crippen LogP contribution in [0.25, 0.3) is 5.76 Å². The van der Waals surface area contributed by atoms with Crippen molar-refractivity contribution >= 4 is 17.4 Å². The predicted molar refractivity (Wildman–Crippen MR) is 109 cm³/mol. The number of aliphatic hydroxyl groups is 1. The molecule has 1 amide bonds. The highest BCUT2D eigenvalue weighted by atomic mass is 16.5. The van der Waals surface area contributed by atoms with Crippen LogP contribution in [0, 0.1) is 13.8 Å². The Morgan fingerprint density at radius 2 is 1.90 bits per heavy atom. The molecule has 4 rings (SSSR count). The van der Waals surface area contributed by atoms with Crippen LogP contribution in [-0.4, -0.2) is 81.2 Å². The number of carbonyl (C=O) groups excluding carboxylic acids is 2. The third kappa shape index (κ3) is 3.61. The van der Waals surface area contributed by atoms with Gasteiger partial charge in [0, 0.05) is 44.3 Å². The molecule has 2 aliphatic rings. The van der Waals surface area contributed by atoms with Crippen molar-refractivity contribution in [2.75, 3.05) is 39.4 Å². The maximum absolute atomic E-state index is 13.0. The van der Waals surface area contributed by atoms with Gasteiger partial charge in [0.15, 0.2) is 0 Å². The molecular formula is C21H25N5O4. The highest BCUT2D eigenvalue weighted by molar-refractivity contribution is 6.46. The molecule has 158 valence electrons. The zero-order valence-corrected chi connectivity index (χ0v) is 17.1. The van der Waals surface area contributed by atoms with E-state index in [1.165, 1.54) is 0 Å². The van der Waals surface area contributed by atoms with Gasteiger partial charge in [-0.1, -0.05) is 0 Å². The second kappa shape index (κ2) is 8.37. The molecule has 2 aromatic heterocycles. The monoisotopic (exact) mass is 411 g/mol. The maximum atomic E-state index is 13.0. The van der Waals surface area contributed by atoms with Gasteiger partial charge in [-0.05, 0) is 31.5 Å². The van der Waals surface area contributed by atoms with Crippen LogP contribution >= 0.6 is 0 Å². The van der Waals surface area contributed by atoms with Gasteiger partial charge in [-0.2, -0.15) is 5.10 Å². The van der Waals surface area contributed by atoms with Gasteiger partial charge in [0.2, 0.25) is 0 Å². The predicted octanol–water partition coefficient (Wildman–Crippen LogP) is 1.18. The lowest BCUT2D eigenvalue weighted by molar-refractivity contribution is -0.140. The molecule has 2 aromatic rings. The van der Waals surface area contributed by atoms with Crippen LogP contribution in [0.5, 0.6) is 0 Å². The summed E-state index contributed by atoms with van der Waals surface area (Å²) < 4.78 is 5.38. The quantitative estimate of drug-likeness (QED) is 0.432. The molecule has 0 spiro atoms. The van der Waals surface area contributed by atoms with Crippen LogP contribution in [-0.2, 0) is 14.3 Å². The Kier molecular flexibility index (Phi) is 5.65. The van der Waals surface area contributed by atoms with E-state index in [0.717, 1.165) is 18.7 Å². The average molecular weight is 411 g/mol. The van der Waals surface area contributed by atoms with E-state index in [-0.39, 0.29) is 11.3 Å². The van der Waals surface area contributed by atoms with Crippen LogP contribution < -0.4 is 0 Å². The van der Waals surface area contributed by atoms with Gasteiger partial charge in [-0.25, -0.2) is 0 Å². The van der Waals surface area contributed by atoms with Gasteiger partial charge in [0.05, 0.1) is 36.1 Å². The van der Waals surface area contributed by atoms with Crippen molar-refractivity contribution in [3.8, 4) is 0 Å². The van der Waals surface area contributed by atoms with E-state index in [9.17, 15) is 14.7 Å². The highest BCUT2D eigenvalue weighted by Crippen LogP contribution is 2.39. The van der Waals surface area contributed by atoms with Gasteiger partial charge in [-0.3, -0.25) is 24.6 Å². The summed E-state index contributed by atoms with van der Waals surface area (Å²) in [6.07, 6.45) is 3.23. The van der Waals surface area contributed by atoms with E-state index in [1.807, 2.05) is 0 Å². The van der Waals surface area contributed by atoms with E-state index in [0.29, 0.717) is 43.3 Å². The molecule has 0 radical (unpaired) electrons. The molecule has 9 nitrogen and oxygen atoms in total. The highest BCUT2D eigenvalue weighted by Gasteiger charge is 2.46. The summed E-state index contributed by atoms with van der Waals surface area (Å²) in [4.78, 5) is 33.8. The Hall–Kier alpha value is -3.04. The van der Waals surface area contributed by atoms with Crippen molar-refractivity contribution in [2.24, 2.45) is 0 Å².